The fourth-order valence-corrected chi connectivity index (χ4v) is 0.886. The second kappa shape index (κ2) is 5.09. The van der Waals surface area contributed by atoms with E-state index in [2.05, 4.69) is 4.65 Å². The molecule has 0 aliphatic rings. The number of carbonyl (C=O) groups is 1. The van der Waals surface area contributed by atoms with Crippen molar-refractivity contribution in [2.24, 2.45) is 0 Å². The molecule has 0 atom stereocenters. The summed E-state index contributed by atoms with van der Waals surface area (Å²) < 4.78 is 4.68. The third kappa shape index (κ3) is 3.32. The summed E-state index contributed by atoms with van der Waals surface area (Å²) in [5.41, 5.74) is 0.748. The van der Waals surface area contributed by atoms with E-state index in [-0.39, 0.29) is 0 Å². The van der Waals surface area contributed by atoms with Gasteiger partial charge in [-0.25, -0.2) is 4.79 Å². The van der Waals surface area contributed by atoms with Crippen LogP contribution in [-0.4, -0.2) is 23.8 Å². The van der Waals surface area contributed by atoms with E-state index >= 15 is 0 Å². The van der Waals surface area contributed by atoms with Gasteiger partial charge in [-0.15, -0.1) is 0 Å². The molecule has 5 heteroatoms. The van der Waals surface area contributed by atoms with Gasteiger partial charge in [0, 0.05) is 6.08 Å². The lowest BCUT2D eigenvalue weighted by Crippen LogP contribution is -1.99. The maximum atomic E-state index is 10.2. The Morgan fingerprint density at radius 1 is 1.36 bits per heavy atom. The highest BCUT2D eigenvalue weighted by Crippen LogP contribution is 2.12. The van der Waals surface area contributed by atoms with Gasteiger partial charge in [0.1, 0.15) is 5.75 Å². The van der Waals surface area contributed by atoms with Gasteiger partial charge in [0.2, 0.25) is 0 Å². The summed E-state index contributed by atoms with van der Waals surface area (Å²) in [5, 5.41) is 16.7. The lowest BCUT2D eigenvalue weighted by atomic mass is 10.2. The zero-order chi connectivity index (χ0) is 10.4. The van der Waals surface area contributed by atoms with Gasteiger partial charge in [0.25, 0.3) is 0 Å². The quantitative estimate of drug-likeness (QED) is 0.542. The maximum Gasteiger partial charge on any atom is 0.569 e. The Labute approximate surface area is 81.8 Å². The molecule has 1 rings (SSSR count). The lowest BCUT2D eigenvalue weighted by molar-refractivity contribution is -0.131. The van der Waals surface area contributed by atoms with Crippen LogP contribution in [0, 0.1) is 0 Å². The van der Waals surface area contributed by atoms with Gasteiger partial charge in [0.15, 0.2) is 0 Å². The molecule has 14 heavy (non-hydrogen) atoms. The van der Waals surface area contributed by atoms with E-state index < -0.39 is 5.97 Å². The van der Waals surface area contributed by atoms with Crippen LogP contribution in [0.4, 0.5) is 0 Å². The molecule has 71 valence electrons. The van der Waals surface area contributed by atoms with Crippen molar-refractivity contribution in [3.8, 4) is 5.75 Å². The predicted molar refractivity (Wildman–Crippen MR) is 51.7 cm³/mol. The van der Waals surface area contributed by atoms with Gasteiger partial charge >= 0.3 is 13.7 Å². The van der Waals surface area contributed by atoms with Crippen molar-refractivity contribution in [2.45, 2.75) is 0 Å². The van der Waals surface area contributed by atoms with E-state index in [0.717, 1.165) is 11.6 Å². The van der Waals surface area contributed by atoms with Crippen molar-refractivity contribution in [3.05, 3.63) is 35.9 Å². The van der Waals surface area contributed by atoms with Crippen LogP contribution in [0.1, 0.15) is 5.56 Å². The molecule has 1 aromatic carbocycles. The molecule has 0 saturated carbocycles. The average molecular weight is 191 g/mol. The van der Waals surface area contributed by atoms with Crippen LogP contribution >= 0.6 is 0 Å². The van der Waals surface area contributed by atoms with Crippen LogP contribution in [-0.2, 0) is 4.79 Å². The van der Waals surface area contributed by atoms with E-state index in [0.29, 0.717) is 13.4 Å². The summed E-state index contributed by atoms with van der Waals surface area (Å²) in [7, 11) is 0.585. The number of carboxylic acid groups (broad SMARTS) is 1. The molecule has 1 aromatic rings. The first-order chi connectivity index (χ1) is 6.72. The maximum absolute atomic E-state index is 10.2. The lowest BCUT2D eigenvalue weighted by Gasteiger charge is -2.00. The van der Waals surface area contributed by atoms with Crippen molar-refractivity contribution in [2.75, 3.05) is 0 Å². The van der Waals surface area contributed by atoms with E-state index in [9.17, 15) is 4.79 Å². The molecule has 0 aliphatic heterocycles. The first-order valence-corrected chi connectivity index (χ1v) is 3.86. The van der Waals surface area contributed by atoms with Gasteiger partial charge in [-0.2, -0.15) is 0 Å². The molecule has 0 fully saturated rings. The Balaban J connectivity index is 2.68. The smallest absolute Gasteiger partial charge is 0.537 e. The third-order valence-corrected chi connectivity index (χ3v) is 1.49. The highest BCUT2D eigenvalue weighted by atomic mass is 16.5. The standard InChI is InChI=1S/C9H8BO4/c11-9(12)6-3-7-1-4-8(5-2-7)14-10-13/h1-6,13H,(H,11,12). The Morgan fingerprint density at radius 3 is 2.50 bits per heavy atom. The highest BCUT2D eigenvalue weighted by molar-refractivity contribution is 6.17. The van der Waals surface area contributed by atoms with Gasteiger partial charge in [-0.1, -0.05) is 12.1 Å². The van der Waals surface area contributed by atoms with Crippen LogP contribution < -0.4 is 4.65 Å². The highest BCUT2D eigenvalue weighted by Gasteiger charge is 1.94. The summed E-state index contributed by atoms with van der Waals surface area (Å²) in [5.74, 6) is -0.506. The Bertz CT molecular complexity index is 331. The minimum Gasteiger partial charge on any atom is -0.537 e. The van der Waals surface area contributed by atoms with E-state index in [1.165, 1.54) is 6.08 Å². The molecule has 0 bridgehead atoms. The number of rotatable bonds is 4. The molecule has 2 N–H and O–H groups in total. The molecule has 0 heterocycles. The van der Waals surface area contributed by atoms with Crippen LogP contribution in [0.5, 0.6) is 5.75 Å². The van der Waals surface area contributed by atoms with Gasteiger partial charge in [-0.05, 0) is 23.8 Å². The molecule has 0 amide bonds. The SMILES string of the molecule is O=C(O)C=Cc1ccc(O[B]O)cc1. The minimum atomic E-state index is -0.992. The van der Waals surface area contributed by atoms with Crippen molar-refractivity contribution in [1.29, 1.82) is 0 Å². The number of hydrogen-bond donors (Lipinski definition) is 2. The van der Waals surface area contributed by atoms with E-state index in [1.54, 1.807) is 24.3 Å². The molecular weight excluding hydrogens is 183 g/mol. The monoisotopic (exact) mass is 191 g/mol. The van der Waals surface area contributed by atoms with Crippen molar-refractivity contribution in [1.82, 2.24) is 0 Å². The van der Waals surface area contributed by atoms with Gasteiger partial charge in [-0.3, -0.25) is 0 Å². The summed E-state index contributed by atoms with van der Waals surface area (Å²) in [4.78, 5) is 10.2. The second-order valence-electron chi connectivity index (χ2n) is 2.46. The zero-order valence-corrected chi connectivity index (χ0v) is 7.25. The van der Waals surface area contributed by atoms with Crippen molar-refractivity contribution in [3.63, 3.8) is 0 Å². The summed E-state index contributed by atoms with van der Waals surface area (Å²) in [6.45, 7) is 0. The molecule has 0 aliphatic carbocycles. The fourth-order valence-electron chi connectivity index (χ4n) is 0.886. The molecular formula is C9H8BO4. The number of hydrogen-bond acceptors (Lipinski definition) is 3. The fraction of sp³-hybridized carbons (Fsp3) is 0. The topological polar surface area (TPSA) is 66.8 Å². The zero-order valence-electron chi connectivity index (χ0n) is 7.25. The van der Waals surface area contributed by atoms with Gasteiger partial charge in [0.05, 0.1) is 0 Å². The second-order valence-corrected chi connectivity index (χ2v) is 2.46. The molecule has 1 radical (unpaired) electrons. The molecule has 4 nitrogen and oxygen atoms in total. The van der Waals surface area contributed by atoms with Crippen molar-refractivity contribution >= 4 is 19.7 Å². The first kappa shape index (κ1) is 10.3. The minimum absolute atomic E-state index is 0.486. The molecule has 0 aromatic heterocycles. The largest absolute Gasteiger partial charge is 0.569 e. The Morgan fingerprint density at radius 2 is 2.00 bits per heavy atom. The normalized spacial score (nSPS) is 10.1. The number of carboxylic acids is 1. The Kier molecular flexibility index (Phi) is 3.76. The number of benzene rings is 1. The third-order valence-electron chi connectivity index (χ3n) is 1.49. The average Bonchev–Trinajstić information content (AvgIpc) is 2.17. The van der Waals surface area contributed by atoms with E-state index in [1.807, 2.05) is 0 Å². The van der Waals surface area contributed by atoms with Crippen molar-refractivity contribution < 1.29 is 19.6 Å². The van der Waals surface area contributed by atoms with Crippen LogP contribution in [0.15, 0.2) is 30.3 Å². The number of aliphatic carboxylic acids is 1. The summed E-state index contributed by atoms with van der Waals surface area (Å²) >= 11 is 0. The Hall–Kier alpha value is -1.75. The van der Waals surface area contributed by atoms with E-state index in [4.69, 9.17) is 10.1 Å². The van der Waals surface area contributed by atoms with Crippen LogP contribution in [0.2, 0.25) is 0 Å². The van der Waals surface area contributed by atoms with Gasteiger partial charge < -0.3 is 14.8 Å². The summed E-state index contributed by atoms with van der Waals surface area (Å²) in [6, 6.07) is 6.60. The van der Waals surface area contributed by atoms with Crippen LogP contribution in [0.25, 0.3) is 6.08 Å². The molecule has 0 unspecified atom stereocenters. The van der Waals surface area contributed by atoms with Crippen LogP contribution in [0.3, 0.4) is 0 Å². The summed E-state index contributed by atoms with van der Waals surface area (Å²) in [6.07, 6.45) is 2.52. The predicted octanol–water partition coefficient (Wildman–Crippen LogP) is 0.690. The molecule has 0 spiro atoms. The first-order valence-electron chi connectivity index (χ1n) is 3.86. The molecule has 0 saturated heterocycles.